The largest absolute Gasteiger partial charge is 0.455 e. The Bertz CT molecular complexity index is 1290. The molecule has 2 aromatic carbocycles. The Kier molecular flexibility index (Phi) is 6.53. The molecule has 2 aromatic heterocycles. The van der Waals surface area contributed by atoms with Gasteiger partial charge in [0.05, 0.1) is 4.90 Å². The van der Waals surface area contributed by atoms with E-state index in [1.807, 2.05) is 42.7 Å². The zero-order valence-corrected chi connectivity index (χ0v) is 19.7. The first-order valence-corrected chi connectivity index (χ1v) is 13.1. The van der Waals surface area contributed by atoms with Crippen molar-refractivity contribution in [3.05, 3.63) is 72.0 Å². The van der Waals surface area contributed by atoms with Crippen LogP contribution < -0.4 is 0 Å². The molecule has 4 rings (SSSR count). The molecule has 166 valence electrons. The molecule has 0 saturated heterocycles. The topological polar surface area (TPSA) is 86.2 Å². The molecule has 0 aliphatic carbocycles. The number of thioether (sulfide) groups is 1. The highest BCUT2D eigenvalue weighted by molar-refractivity contribution is 7.98. The lowest BCUT2D eigenvalue weighted by Gasteiger charge is -2.07. The third kappa shape index (κ3) is 5.14. The van der Waals surface area contributed by atoms with Crippen molar-refractivity contribution in [2.24, 2.45) is 5.92 Å². The molecule has 0 saturated carbocycles. The normalized spacial score (nSPS) is 11.9. The Morgan fingerprint density at radius 1 is 0.969 bits per heavy atom. The Morgan fingerprint density at radius 2 is 1.69 bits per heavy atom. The summed E-state index contributed by atoms with van der Waals surface area (Å²) >= 11 is 1.65. The smallest absolute Gasteiger partial charge is 0.293 e. The highest BCUT2D eigenvalue weighted by Crippen LogP contribution is 2.27. The van der Waals surface area contributed by atoms with Crippen LogP contribution in [0.1, 0.15) is 25.2 Å². The van der Waals surface area contributed by atoms with Crippen LogP contribution in [0.4, 0.5) is 0 Å². The molecule has 2 heterocycles. The van der Waals surface area contributed by atoms with Gasteiger partial charge in [-0.2, -0.15) is 4.98 Å². The van der Waals surface area contributed by atoms with Crippen molar-refractivity contribution in [2.45, 2.75) is 35.8 Å². The standard InChI is InChI=1S/C24H24N2O4S2/c1-16(2)14-17-4-11-21(12-5-17)32(27,28)15-19-8-13-22(29-19)24-25-23(26-30-24)18-6-9-20(31-3)10-7-18/h4-13,16H,14-15H2,1-3H3. The molecule has 0 aliphatic rings. The van der Waals surface area contributed by atoms with E-state index in [0.29, 0.717) is 23.3 Å². The van der Waals surface area contributed by atoms with Crippen molar-refractivity contribution >= 4 is 21.6 Å². The van der Waals surface area contributed by atoms with Gasteiger partial charge >= 0.3 is 0 Å². The Morgan fingerprint density at radius 3 is 2.34 bits per heavy atom. The SMILES string of the molecule is CSc1ccc(-c2noc(-c3ccc(CS(=O)(=O)c4ccc(CC(C)C)cc4)o3)n2)cc1. The van der Waals surface area contributed by atoms with Crippen molar-refractivity contribution in [3.8, 4) is 23.0 Å². The predicted octanol–water partition coefficient (Wildman–Crippen LogP) is 5.89. The van der Waals surface area contributed by atoms with E-state index in [9.17, 15) is 8.42 Å². The quantitative estimate of drug-likeness (QED) is 0.298. The maximum atomic E-state index is 12.8. The number of furan rings is 1. The summed E-state index contributed by atoms with van der Waals surface area (Å²) in [5, 5.41) is 4.01. The van der Waals surface area contributed by atoms with Crippen LogP contribution in [0, 0.1) is 5.92 Å². The minimum absolute atomic E-state index is 0.204. The van der Waals surface area contributed by atoms with Gasteiger partial charge in [-0.1, -0.05) is 31.1 Å². The highest BCUT2D eigenvalue weighted by Gasteiger charge is 2.20. The van der Waals surface area contributed by atoms with E-state index < -0.39 is 9.84 Å². The average molecular weight is 469 g/mol. The first-order chi connectivity index (χ1) is 15.3. The van der Waals surface area contributed by atoms with Crippen molar-refractivity contribution in [2.75, 3.05) is 6.26 Å². The van der Waals surface area contributed by atoms with E-state index in [2.05, 4.69) is 24.0 Å². The van der Waals surface area contributed by atoms with Gasteiger partial charge in [0.25, 0.3) is 5.89 Å². The van der Waals surface area contributed by atoms with Crippen LogP contribution in [-0.4, -0.2) is 24.8 Å². The zero-order valence-electron chi connectivity index (χ0n) is 18.1. The third-order valence-corrected chi connectivity index (χ3v) is 7.30. The van der Waals surface area contributed by atoms with E-state index in [0.717, 1.165) is 22.4 Å². The molecule has 0 amide bonds. The molecular formula is C24H24N2O4S2. The molecule has 0 N–H and O–H groups in total. The molecule has 0 atom stereocenters. The van der Waals surface area contributed by atoms with E-state index in [1.54, 1.807) is 36.0 Å². The van der Waals surface area contributed by atoms with E-state index in [-0.39, 0.29) is 16.5 Å². The number of benzene rings is 2. The van der Waals surface area contributed by atoms with E-state index in [4.69, 9.17) is 8.94 Å². The van der Waals surface area contributed by atoms with E-state index >= 15 is 0 Å². The minimum atomic E-state index is -3.53. The number of nitrogens with zero attached hydrogens (tertiary/aromatic N) is 2. The lowest BCUT2D eigenvalue weighted by atomic mass is 10.0. The molecule has 0 fully saturated rings. The summed E-state index contributed by atoms with van der Waals surface area (Å²) in [4.78, 5) is 5.80. The van der Waals surface area contributed by atoms with Crippen LogP contribution in [0.3, 0.4) is 0 Å². The molecule has 0 aliphatic heterocycles. The molecule has 0 radical (unpaired) electrons. The highest BCUT2D eigenvalue weighted by atomic mass is 32.2. The van der Waals surface area contributed by atoms with Gasteiger partial charge in [0.2, 0.25) is 5.82 Å². The summed E-state index contributed by atoms with van der Waals surface area (Å²) in [7, 11) is -3.53. The number of hydrogen-bond acceptors (Lipinski definition) is 7. The summed E-state index contributed by atoms with van der Waals surface area (Å²) in [6, 6.07) is 18.1. The van der Waals surface area contributed by atoms with Gasteiger partial charge in [-0.25, -0.2) is 8.42 Å². The monoisotopic (exact) mass is 468 g/mol. The molecule has 0 unspecified atom stereocenters. The van der Waals surface area contributed by atoms with Gasteiger partial charge in [0, 0.05) is 10.5 Å². The average Bonchev–Trinajstić information content (AvgIpc) is 3.43. The summed E-state index contributed by atoms with van der Waals surface area (Å²) in [5.74, 6) is 1.57. The molecule has 0 bridgehead atoms. The lowest BCUT2D eigenvalue weighted by molar-refractivity contribution is 0.413. The molecular weight excluding hydrogens is 444 g/mol. The van der Waals surface area contributed by atoms with Crippen LogP contribution in [0.2, 0.25) is 0 Å². The van der Waals surface area contributed by atoms with Gasteiger partial charge in [-0.05, 0) is 72.7 Å². The van der Waals surface area contributed by atoms with E-state index in [1.165, 1.54) is 0 Å². The van der Waals surface area contributed by atoms with Crippen molar-refractivity contribution in [1.29, 1.82) is 0 Å². The summed E-state index contributed by atoms with van der Waals surface area (Å²) < 4.78 is 36.7. The van der Waals surface area contributed by atoms with Crippen LogP contribution in [0.15, 0.2) is 79.4 Å². The van der Waals surface area contributed by atoms with Gasteiger partial charge in [-0.15, -0.1) is 11.8 Å². The predicted molar refractivity (Wildman–Crippen MR) is 125 cm³/mol. The van der Waals surface area contributed by atoms with Crippen molar-refractivity contribution in [3.63, 3.8) is 0 Å². The second-order valence-electron chi connectivity index (χ2n) is 7.92. The first kappa shape index (κ1) is 22.4. The van der Waals surface area contributed by atoms with Crippen molar-refractivity contribution < 1.29 is 17.4 Å². The Labute approximate surface area is 192 Å². The minimum Gasteiger partial charge on any atom is -0.455 e. The van der Waals surface area contributed by atoms with Gasteiger partial charge in [0.15, 0.2) is 15.6 Å². The molecule has 32 heavy (non-hydrogen) atoms. The number of hydrogen-bond donors (Lipinski definition) is 0. The first-order valence-electron chi connectivity index (χ1n) is 10.2. The fraction of sp³-hybridized carbons (Fsp3) is 0.250. The second kappa shape index (κ2) is 9.34. The second-order valence-corrected chi connectivity index (χ2v) is 10.8. The maximum Gasteiger partial charge on any atom is 0.293 e. The summed E-state index contributed by atoms with van der Waals surface area (Å²) in [6.45, 7) is 4.26. The van der Waals surface area contributed by atoms with Crippen LogP contribution >= 0.6 is 11.8 Å². The zero-order chi connectivity index (χ0) is 22.7. The van der Waals surface area contributed by atoms with Gasteiger partial charge < -0.3 is 8.94 Å². The molecule has 0 spiro atoms. The summed E-state index contributed by atoms with van der Waals surface area (Å²) in [6.07, 6.45) is 2.92. The Hall–Kier alpha value is -2.84. The third-order valence-electron chi connectivity index (χ3n) is 4.91. The maximum absolute atomic E-state index is 12.8. The number of sulfone groups is 1. The van der Waals surface area contributed by atoms with Crippen LogP contribution in [-0.2, 0) is 22.0 Å². The number of rotatable bonds is 8. The van der Waals surface area contributed by atoms with Crippen LogP contribution in [0.5, 0.6) is 0 Å². The van der Waals surface area contributed by atoms with Gasteiger partial charge in [-0.3, -0.25) is 0 Å². The molecule has 8 heteroatoms. The summed E-state index contributed by atoms with van der Waals surface area (Å²) in [5.41, 5.74) is 1.95. The lowest BCUT2D eigenvalue weighted by Crippen LogP contribution is -2.04. The Balaban J connectivity index is 1.48. The fourth-order valence-electron chi connectivity index (χ4n) is 3.33. The fourth-order valence-corrected chi connectivity index (χ4v) is 4.98. The van der Waals surface area contributed by atoms with Crippen molar-refractivity contribution in [1.82, 2.24) is 10.1 Å². The molecule has 4 aromatic rings. The number of aromatic nitrogens is 2. The van der Waals surface area contributed by atoms with Gasteiger partial charge in [0.1, 0.15) is 11.5 Å². The molecule has 6 nitrogen and oxygen atoms in total. The van der Waals surface area contributed by atoms with Crippen LogP contribution in [0.25, 0.3) is 23.0 Å².